The van der Waals surface area contributed by atoms with Crippen molar-refractivity contribution in [1.29, 1.82) is 0 Å². The molecule has 3 nitrogen and oxygen atoms in total. The number of ether oxygens (including phenoxy) is 2. The molecule has 0 saturated carbocycles. The third-order valence-electron chi connectivity index (χ3n) is 0.446. The predicted octanol–water partition coefficient (Wildman–Crippen LogP) is 0.700. The van der Waals surface area contributed by atoms with Gasteiger partial charge in [0.2, 0.25) is 6.86 Å². The van der Waals surface area contributed by atoms with Gasteiger partial charge >= 0.3 is 6.16 Å². The zero-order valence-corrected chi connectivity index (χ0v) is 4.59. The Labute approximate surface area is 51.8 Å². The van der Waals surface area contributed by atoms with Gasteiger partial charge in [-0.25, -0.2) is 9.18 Å². The van der Waals surface area contributed by atoms with E-state index in [9.17, 15) is 9.18 Å². The molecule has 0 rings (SSSR count). The Hall–Kier alpha value is -1.24. The van der Waals surface area contributed by atoms with Crippen LogP contribution < -0.4 is 0 Å². The number of alkyl halides is 1. The average molecular weight is 132 g/mol. The smallest absolute Gasteiger partial charge is 0.421 e. The lowest BCUT2D eigenvalue weighted by Crippen LogP contribution is -2.06. The highest BCUT2D eigenvalue weighted by Crippen LogP contribution is 1.83. The van der Waals surface area contributed by atoms with Gasteiger partial charge in [-0.2, -0.15) is 0 Å². The number of carbonyl (C=O) groups is 1. The summed E-state index contributed by atoms with van der Waals surface area (Å²) in [7, 11) is 0. The SMILES string of the molecule is C#CCOC(=O)OCF. The summed E-state index contributed by atoms with van der Waals surface area (Å²) in [5, 5.41) is 0. The normalized spacial score (nSPS) is 7.56. The number of rotatable bonds is 2. The van der Waals surface area contributed by atoms with Gasteiger partial charge in [0.15, 0.2) is 6.61 Å². The predicted molar refractivity (Wildman–Crippen MR) is 27.2 cm³/mol. The van der Waals surface area contributed by atoms with Crippen LogP contribution in [-0.4, -0.2) is 19.6 Å². The second-order valence-electron chi connectivity index (χ2n) is 0.996. The minimum absolute atomic E-state index is 0.196. The quantitative estimate of drug-likeness (QED) is 0.409. The minimum Gasteiger partial charge on any atom is -0.421 e. The van der Waals surface area contributed by atoms with Crippen LogP contribution in [0, 0.1) is 12.3 Å². The van der Waals surface area contributed by atoms with Gasteiger partial charge < -0.3 is 9.47 Å². The Bertz CT molecular complexity index is 127. The highest BCUT2D eigenvalue weighted by Gasteiger charge is 1.98. The molecular formula is C5H5FO3. The Morgan fingerprint density at radius 2 is 2.33 bits per heavy atom. The fourth-order valence-electron chi connectivity index (χ4n) is 0.187. The Morgan fingerprint density at radius 1 is 1.67 bits per heavy atom. The zero-order valence-electron chi connectivity index (χ0n) is 4.59. The maximum Gasteiger partial charge on any atom is 0.511 e. The van der Waals surface area contributed by atoms with Crippen LogP contribution in [0.3, 0.4) is 0 Å². The molecule has 0 saturated heterocycles. The summed E-state index contributed by atoms with van der Waals surface area (Å²) >= 11 is 0. The molecule has 0 aliphatic carbocycles. The first kappa shape index (κ1) is 7.76. The third kappa shape index (κ3) is 4.62. The number of hydrogen-bond donors (Lipinski definition) is 0. The first-order valence-electron chi connectivity index (χ1n) is 2.10. The van der Waals surface area contributed by atoms with Crippen LogP contribution >= 0.6 is 0 Å². The Kier molecular flexibility index (Phi) is 4.23. The van der Waals surface area contributed by atoms with Crippen molar-refractivity contribution in [3.05, 3.63) is 0 Å². The van der Waals surface area contributed by atoms with E-state index in [1.54, 1.807) is 0 Å². The fourth-order valence-corrected chi connectivity index (χ4v) is 0.187. The highest BCUT2D eigenvalue weighted by atomic mass is 19.1. The van der Waals surface area contributed by atoms with Crippen molar-refractivity contribution >= 4 is 6.16 Å². The van der Waals surface area contributed by atoms with Crippen LogP contribution in [0.1, 0.15) is 0 Å². The summed E-state index contributed by atoms with van der Waals surface area (Å²) in [6, 6.07) is 0. The maximum atomic E-state index is 11.1. The van der Waals surface area contributed by atoms with Crippen molar-refractivity contribution in [2.24, 2.45) is 0 Å². The van der Waals surface area contributed by atoms with Gasteiger partial charge in [0.25, 0.3) is 0 Å². The van der Waals surface area contributed by atoms with Crippen LogP contribution in [-0.2, 0) is 9.47 Å². The summed E-state index contributed by atoms with van der Waals surface area (Å²) in [5.41, 5.74) is 0. The summed E-state index contributed by atoms with van der Waals surface area (Å²) in [6.07, 6.45) is 3.61. The summed E-state index contributed by atoms with van der Waals surface area (Å²) in [4.78, 5) is 10.0. The molecule has 0 bridgehead atoms. The van der Waals surface area contributed by atoms with E-state index in [0.29, 0.717) is 0 Å². The Balaban J connectivity index is 3.19. The lowest BCUT2D eigenvalue weighted by atomic mass is 10.8. The minimum atomic E-state index is -1.19. The van der Waals surface area contributed by atoms with Crippen LogP contribution in [0.5, 0.6) is 0 Å². The summed E-state index contributed by atoms with van der Waals surface area (Å²) in [6.45, 7) is -1.39. The van der Waals surface area contributed by atoms with E-state index in [4.69, 9.17) is 6.42 Å². The number of halogens is 1. The van der Waals surface area contributed by atoms with Gasteiger partial charge in [0, 0.05) is 0 Å². The molecule has 0 N–H and O–H groups in total. The number of hydrogen-bond acceptors (Lipinski definition) is 3. The van der Waals surface area contributed by atoms with E-state index >= 15 is 0 Å². The van der Waals surface area contributed by atoms with Gasteiger partial charge in [-0.1, -0.05) is 5.92 Å². The topological polar surface area (TPSA) is 35.5 Å². The second kappa shape index (κ2) is 4.91. The van der Waals surface area contributed by atoms with Crippen molar-refractivity contribution in [2.75, 3.05) is 13.5 Å². The molecule has 0 spiro atoms. The van der Waals surface area contributed by atoms with Gasteiger partial charge in [0.05, 0.1) is 0 Å². The molecule has 9 heavy (non-hydrogen) atoms. The van der Waals surface area contributed by atoms with Crippen molar-refractivity contribution in [1.82, 2.24) is 0 Å². The molecule has 0 unspecified atom stereocenters. The van der Waals surface area contributed by atoms with Crippen molar-refractivity contribution < 1.29 is 18.7 Å². The van der Waals surface area contributed by atoms with Crippen LogP contribution in [0.25, 0.3) is 0 Å². The molecule has 0 aromatic rings. The molecule has 0 amide bonds. The standard InChI is InChI=1S/C5H5FO3/c1-2-3-8-5(7)9-4-6/h1H,3-4H2. The lowest BCUT2D eigenvalue weighted by Gasteiger charge is -1.96. The molecule has 0 aromatic carbocycles. The van der Waals surface area contributed by atoms with Gasteiger partial charge in [-0.15, -0.1) is 6.42 Å². The summed E-state index contributed by atoms with van der Waals surface area (Å²) < 4.78 is 18.9. The maximum absolute atomic E-state index is 11.1. The van der Waals surface area contributed by atoms with Crippen LogP contribution in [0.15, 0.2) is 0 Å². The molecule has 0 aliphatic heterocycles. The monoisotopic (exact) mass is 132 g/mol. The van der Waals surface area contributed by atoms with Crippen LogP contribution in [0.2, 0.25) is 0 Å². The molecule has 0 aromatic heterocycles. The van der Waals surface area contributed by atoms with E-state index in [-0.39, 0.29) is 6.61 Å². The van der Waals surface area contributed by atoms with Crippen molar-refractivity contribution in [3.8, 4) is 12.3 Å². The molecule has 0 aliphatic rings. The third-order valence-corrected chi connectivity index (χ3v) is 0.446. The largest absolute Gasteiger partial charge is 0.511 e. The van der Waals surface area contributed by atoms with E-state index in [1.165, 1.54) is 0 Å². The molecule has 50 valence electrons. The number of terminal acetylenes is 1. The molecule has 4 heteroatoms. The fraction of sp³-hybridized carbons (Fsp3) is 0.400. The molecule has 0 heterocycles. The first-order chi connectivity index (χ1) is 4.31. The average Bonchev–Trinajstić information content (AvgIpc) is 1.85. The molecule has 0 radical (unpaired) electrons. The molecule has 0 fully saturated rings. The van der Waals surface area contributed by atoms with E-state index in [0.717, 1.165) is 0 Å². The molecule has 0 atom stereocenters. The highest BCUT2D eigenvalue weighted by molar-refractivity contribution is 5.59. The van der Waals surface area contributed by atoms with Gasteiger partial charge in [-0.3, -0.25) is 0 Å². The van der Waals surface area contributed by atoms with E-state index < -0.39 is 13.0 Å². The van der Waals surface area contributed by atoms with Crippen LogP contribution in [0.4, 0.5) is 9.18 Å². The van der Waals surface area contributed by atoms with Gasteiger partial charge in [0.1, 0.15) is 0 Å². The van der Waals surface area contributed by atoms with E-state index in [1.807, 2.05) is 5.92 Å². The van der Waals surface area contributed by atoms with Crippen molar-refractivity contribution in [3.63, 3.8) is 0 Å². The summed E-state index contributed by atoms with van der Waals surface area (Å²) in [5.74, 6) is 2.01. The zero-order chi connectivity index (χ0) is 7.11. The number of carbonyl (C=O) groups excluding carboxylic acids is 1. The Morgan fingerprint density at radius 3 is 2.78 bits per heavy atom. The molecular weight excluding hydrogens is 127 g/mol. The van der Waals surface area contributed by atoms with Gasteiger partial charge in [-0.05, 0) is 0 Å². The first-order valence-corrected chi connectivity index (χ1v) is 2.10. The van der Waals surface area contributed by atoms with Crippen molar-refractivity contribution in [2.45, 2.75) is 0 Å². The second-order valence-corrected chi connectivity index (χ2v) is 0.996. The van der Waals surface area contributed by atoms with E-state index in [2.05, 4.69) is 9.47 Å². The lowest BCUT2D eigenvalue weighted by molar-refractivity contribution is 0.0339.